The Morgan fingerprint density at radius 2 is 2.33 bits per heavy atom. The highest BCUT2D eigenvalue weighted by Gasteiger charge is 2.13. The van der Waals surface area contributed by atoms with Crippen molar-refractivity contribution < 1.29 is 14.0 Å². The summed E-state index contributed by atoms with van der Waals surface area (Å²) in [6.45, 7) is 3.44. The molecule has 1 rings (SSSR count). The van der Waals surface area contributed by atoms with Crippen LogP contribution in [0.3, 0.4) is 0 Å². The summed E-state index contributed by atoms with van der Waals surface area (Å²) >= 11 is 0. The minimum absolute atomic E-state index is 0.355. The summed E-state index contributed by atoms with van der Waals surface area (Å²) in [6.07, 6.45) is 0.845. The fourth-order valence-electron chi connectivity index (χ4n) is 0.997. The number of carbonyl (C=O) groups is 1. The van der Waals surface area contributed by atoms with E-state index in [0.29, 0.717) is 17.1 Å². The second kappa shape index (κ2) is 3.15. The minimum Gasteiger partial charge on any atom is -0.466 e. The molecule has 1 aromatic rings. The maximum absolute atomic E-state index is 11.1. The fourth-order valence-corrected chi connectivity index (χ4v) is 0.997. The number of hydrogen-bond donors (Lipinski definition) is 0. The highest BCUT2D eigenvalue weighted by molar-refractivity contribution is 6.33. The van der Waals surface area contributed by atoms with Crippen molar-refractivity contribution in [2.24, 2.45) is 0 Å². The van der Waals surface area contributed by atoms with E-state index in [-0.39, 0.29) is 5.78 Å². The minimum atomic E-state index is -0.355. The number of carbonyl (C=O) groups excluding carboxylic acids is 1. The summed E-state index contributed by atoms with van der Waals surface area (Å²) in [4.78, 5) is 13.8. The van der Waals surface area contributed by atoms with Crippen LogP contribution in [0.25, 0.3) is 5.53 Å². The van der Waals surface area contributed by atoms with Gasteiger partial charge in [0.1, 0.15) is 11.5 Å². The molecule has 0 saturated heterocycles. The lowest BCUT2D eigenvalue weighted by molar-refractivity contribution is 0.00233. The predicted octanol–water partition coefficient (Wildman–Crippen LogP) is 1.38. The number of hydrogen-bond acceptors (Lipinski definition) is 2. The average molecular weight is 164 g/mol. The van der Waals surface area contributed by atoms with Gasteiger partial charge in [0.25, 0.3) is 5.78 Å². The number of rotatable bonds is 2. The Kier molecular flexibility index (Phi) is 2.21. The molecular weight excluding hydrogens is 156 g/mol. The lowest BCUT2D eigenvalue weighted by atomic mass is 10.2. The molecule has 0 saturated carbocycles. The highest BCUT2D eigenvalue weighted by Crippen LogP contribution is 2.12. The monoisotopic (exact) mass is 164 g/mol. The molecule has 0 aliphatic rings. The molecule has 0 bridgehead atoms. The lowest BCUT2D eigenvalue weighted by Crippen LogP contribution is -2.00. The maximum atomic E-state index is 11.1. The Hall–Kier alpha value is -1.67. The predicted molar refractivity (Wildman–Crippen MR) is 42.2 cm³/mol. The summed E-state index contributed by atoms with van der Waals surface area (Å²) in [5.41, 5.74) is 8.55. The molecule has 4 nitrogen and oxygen atoms in total. The van der Waals surface area contributed by atoms with Crippen molar-refractivity contribution in [2.75, 3.05) is 0 Å². The van der Waals surface area contributed by atoms with E-state index in [0.717, 1.165) is 6.21 Å². The maximum Gasteiger partial charge on any atom is 0.328 e. The molecule has 4 heteroatoms. The van der Waals surface area contributed by atoms with E-state index < -0.39 is 0 Å². The molecule has 0 amide bonds. The van der Waals surface area contributed by atoms with Gasteiger partial charge in [0.15, 0.2) is 0 Å². The van der Waals surface area contributed by atoms with Crippen LogP contribution in [0.5, 0.6) is 0 Å². The largest absolute Gasteiger partial charge is 0.466 e. The zero-order valence-electron chi connectivity index (χ0n) is 6.87. The van der Waals surface area contributed by atoms with Crippen LogP contribution >= 0.6 is 0 Å². The van der Waals surface area contributed by atoms with E-state index in [4.69, 9.17) is 9.95 Å². The van der Waals surface area contributed by atoms with Crippen LogP contribution in [0.1, 0.15) is 21.9 Å². The Morgan fingerprint density at radius 1 is 1.67 bits per heavy atom. The molecule has 12 heavy (non-hydrogen) atoms. The van der Waals surface area contributed by atoms with Gasteiger partial charge in [-0.3, -0.25) is 4.79 Å². The highest BCUT2D eigenvalue weighted by atomic mass is 16.3. The SMILES string of the molecule is Cc1cc(C(=O)C=[N+]=[N-])c(C)o1. The summed E-state index contributed by atoms with van der Waals surface area (Å²) in [5, 5.41) is 0. The van der Waals surface area contributed by atoms with Gasteiger partial charge >= 0.3 is 6.21 Å². The van der Waals surface area contributed by atoms with Crippen LogP contribution in [-0.2, 0) is 0 Å². The van der Waals surface area contributed by atoms with Crippen LogP contribution in [0.2, 0.25) is 0 Å². The van der Waals surface area contributed by atoms with E-state index in [2.05, 4.69) is 4.79 Å². The molecule has 0 radical (unpaired) electrons. The number of ketones is 1. The van der Waals surface area contributed by atoms with Gasteiger partial charge < -0.3 is 9.95 Å². The second-order valence-corrected chi connectivity index (χ2v) is 2.44. The Bertz CT molecular complexity index is 359. The molecule has 0 fully saturated rings. The molecule has 62 valence electrons. The quantitative estimate of drug-likeness (QED) is 0.287. The number of Topliss-reactive ketones (excluding diaryl/α,β-unsaturated/α-hetero) is 1. The van der Waals surface area contributed by atoms with Crippen molar-refractivity contribution in [3.63, 3.8) is 0 Å². The van der Waals surface area contributed by atoms with Crippen molar-refractivity contribution in [2.45, 2.75) is 13.8 Å². The number of aryl methyl sites for hydroxylation is 2. The molecular formula is C8H8N2O2. The van der Waals surface area contributed by atoms with Crippen LogP contribution in [-0.4, -0.2) is 16.8 Å². The zero-order chi connectivity index (χ0) is 9.14. The Labute approximate surface area is 69.4 Å². The van der Waals surface area contributed by atoms with Gasteiger partial charge in [-0.2, -0.15) is 4.79 Å². The summed E-state index contributed by atoms with van der Waals surface area (Å²) in [7, 11) is 0. The standard InChI is InChI=1S/C8H8N2O2/c1-5-3-7(6(2)12-5)8(11)4-10-9/h3-4H,1-2H3. The van der Waals surface area contributed by atoms with Crippen LogP contribution < -0.4 is 0 Å². The molecule has 0 unspecified atom stereocenters. The van der Waals surface area contributed by atoms with Crippen LogP contribution in [0, 0.1) is 13.8 Å². The fraction of sp³-hybridized carbons (Fsp3) is 0.250. The van der Waals surface area contributed by atoms with Crippen molar-refractivity contribution in [3.05, 3.63) is 28.7 Å². The van der Waals surface area contributed by atoms with Gasteiger partial charge in [-0.25, -0.2) is 0 Å². The summed E-state index contributed by atoms with van der Waals surface area (Å²) in [5.74, 6) is 0.853. The first-order chi connectivity index (χ1) is 5.65. The first kappa shape index (κ1) is 8.43. The van der Waals surface area contributed by atoms with E-state index in [9.17, 15) is 4.79 Å². The third-order valence-corrected chi connectivity index (χ3v) is 1.48. The normalized spacial score (nSPS) is 9.17. The smallest absolute Gasteiger partial charge is 0.328 e. The molecule has 0 N–H and O–H groups in total. The van der Waals surface area contributed by atoms with Crippen molar-refractivity contribution in [3.8, 4) is 0 Å². The van der Waals surface area contributed by atoms with E-state index in [1.807, 2.05) is 0 Å². The molecule has 1 aromatic heterocycles. The van der Waals surface area contributed by atoms with Crippen LogP contribution in [0.4, 0.5) is 0 Å². The molecule has 0 spiro atoms. The third-order valence-electron chi connectivity index (χ3n) is 1.48. The third kappa shape index (κ3) is 1.49. The van der Waals surface area contributed by atoms with E-state index in [1.165, 1.54) is 0 Å². The van der Waals surface area contributed by atoms with Gasteiger partial charge in [0, 0.05) is 0 Å². The van der Waals surface area contributed by atoms with Gasteiger partial charge in [-0.05, 0) is 19.9 Å². The molecule has 0 aliphatic carbocycles. The van der Waals surface area contributed by atoms with Crippen molar-refractivity contribution in [1.82, 2.24) is 0 Å². The second-order valence-electron chi connectivity index (χ2n) is 2.44. The van der Waals surface area contributed by atoms with E-state index >= 15 is 0 Å². The molecule has 0 atom stereocenters. The number of nitrogens with zero attached hydrogens (tertiary/aromatic N) is 2. The Balaban J connectivity index is 3.10. The first-order valence-corrected chi connectivity index (χ1v) is 3.44. The summed E-state index contributed by atoms with van der Waals surface area (Å²) in [6, 6.07) is 1.61. The zero-order valence-corrected chi connectivity index (χ0v) is 6.87. The molecule has 1 heterocycles. The van der Waals surface area contributed by atoms with Gasteiger partial charge in [0.05, 0.1) is 5.56 Å². The first-order valence-electron chi connectivity index (χ1n) is 3.44. The van der Waals surface area contributed by atoms with Gasteiger partial charge in [0.2, 0.25) is 0 Å². The summed E-state index contributed by atoms with van der Waals surface area (Å²) < 4.78 is 5.12. The molecule has 0 aromatic carbocycles. The van der Waals surface area contributed by atoms with Crippen LogP contribution in [0.15, 0.2) is 10.5 Å². The number of furan rings is 1. The molecule has 0 aliphatic heterocycles. The van der Waals surface area contributed by atoms with E-state index in [1.54, 1.807) is 19.9 Å². The van der Waals surface area contributed by atoms with Crippen molar-refractivity contribution >= 4 is 12.0 Å². The lowest BCUT2D eigenvalue weighted by Gasteiger charge is -1.84. The topological polar surface area (TPSA) is 66.6 Å². The van der Waals surface area contributed by atoms with Gasteiger partial charge in [-0.15, -0.1) is 0 Å². The van der Waals surface area contributed by atoms with Gasteiger partial charge in [-0.1, -0.05) is 0 Å². The van der Waals surface area contributed by atoms with Crippen molar-refractivity contribution in [1.29, 1.82) is 0 Å². The Morgan fingerprint density at radius 3 is 2.75 bits per heavy atom. The average Bonchev–Trinajstić information content (AvgIpc) is 2.30.